The molecular formula is C20H24Cl2N2O5S. The molecule has 0 aliphatic heterocycles. The lowest BCUT2D eigenvalue weighted by atomic mass is 10.2. The molecule has 0 radical (unpaired) electrons. The number of nitrogens with zero attached hydrogens (tertiary/aromatic N) is 1. The Bertz CT molecular complexity index is 952. The van der Waals surface area contributed by atoms with Gasteiger partial charge in [0.1, 0.15) is 18.1 Å². The Morgan fingerprint density at radius 3 is 2.40 bits per heavy atom. The molecule has 2 aromatic carbocycles. The van der Waals surface area contributed by atoms with Gasteiger partial charge in [0.05, 0.1) is 35.6 Å². The summed E-state index contributed by atoms with van der Waals surface area (Å²) in [5.41, 5.74) is 0.292. The maximum absolute atomic E-state index is 12.2. The van der Waals surface area contributed by atoms with Gasteiger partial charge in [0.2, 0.25) is 15.9 Å². The van der Waals surface area contributed by atoms with E-state index < -0.39 is 10.0 Å². The van der Waals surface area contributed by atoms with Crippen LogP contribution in [0, 0.1) is 0 Å². The number of rotatable bonds is 11. The second-order valence-electron chi connectivity index (χ2n) is 6.39. The molecule has 2 aromatic rings. The van der Waals surface area contributed by atoms with Crippen LogP contribution < -0.4 is 19.1 Å². The van der Waals surface area contributed by atoms with Gasteiger partial charge in [0.25, 0.3) is 0 Å². The fourth-order valence-electron chi connectivity index (χ4n) is 2.65. The quantitative estimate of drug-likeness (QED) is 0.501. The van der Waals surface area contributed by atoms with Crippen LogP contribution in [0.3, 0.4) is 0 Å². The first-order valence-corrected chi connectivity index (χ1v) is 11.8. The molecule has 0 spiro atoms. The molecule has 0 saturated heterocycles. The summed E-state index contributed by atoms with van der Waals surface area (Å²) in [4.78, 5) is 12.0. The highest BCUT2D eigenvalue weighted by atomic mass is 35.5. The zero-order chi connectivity index (χ0) is 22.1. The van der Waals surface area contributed by atoms with Crippen LogP contribution in [0.5, 0.6) is 11.5 Å². The van der Waals surface area contributed by atoms with Crippen molar-refractivity contribution < 1.29 is 22.7 Å². The molecular weight excluding hydrogens is 451 g/mol. The van der Waals surface area contributed by atoms with Crippen molar-refractivity contribution in [2.24, 2.45) is 0 Å². The molecule has 10 heteroatoms. The molecule has 164 valence electrons. The van der Waals surface area contributed by atoms with E-state index >= 15 is 0 Å². The van der Waals surface area contributed by atoms with Crippen molar-refractivity contribution in [1.82, 2.24) is 5.32 Å². The summed E-state index contributed by atoms with van der Waals surface area (Å²) in [5.74, 6) is 1.21. The van der Waals surface area contributed by atoms with Crippen LogP contribution in [0.4, 0.5) is 5.69 Å². The number of hydrogen-bond donors (Lipinski definition) is 1. The summed E-state index contributed by atoms with van der Waals surface area (Å²) in [5, 5.41) is 3.16. The van der Waals surface area contributed by atoms with Crippen molar-refractivity contribution in [1.29, 1.82) is 0 Å². The second-order valence-corrected chi connectivity index (χ2v) is 9.08. The van der Waals surface area contributed by atoms with Gasteiger partial charge >= 0.3 is 0 Å². The van der Waals surface area contributed by atoms with Gasteiger partial charge in [0.15, 0.2) is 0 Å². The van der Waals surface area contributed by atoms with E-state index in [1.807, 2.05) is 0 Å². The van der Waals surface area contributed by atoms with E-state index in [4.69, 9.17) is 32.7 Å². The smallest absolute Gasteiger partial charge is 0.232 e. The third-order valence-electron chi connectivity index (χ3n) is 4.12. The SMILES string of the molecule is COc1ccc(OCCNC(=O)CCCN(c2cccc(Cl)c2Cl)S(C)(=O)=O)cc1. The van der Waals surface area contributed by atoms with Crippen molar-refractivity contribution >= 4 is 44.8 Å². The van der Waals surface area contributed by atoms with Crippen molar-refractivity contribution in [2.75, 3.05) is 37.4 Å². The Hall–Kier alpha value is -2.16. The van der Waals surface area contributed by atoms with Crippen LogP contribution in [0.25, 0.3) is 0 Å². The molecule has 0 aromatic heterocycles. The number of benzene rings is 2. The largest absolute Gasteiger partial charge is 0.497 e. The first-order valence-electron chi connectivity index (χ1n) is 9.17. The summed E-state index contributed by atoms with van der Waals surface area (Å²) in [7, 11) is -1.99. The topological polar surface area (TPSA) is 84.9 Å². The van der Waals surface area contributed by atoms with E-state index in [0.29, 0.717) is 31.0 Å². The molecule has 0 unspecified atom stereocenters. The Kier molecular flexibility index (Phi) is 9.08. The van der Waals surface area contributed by atoms with Crippen LogP contribution in [-0.4, -0.2) is 47.4 Å². The molecule has 7 nitrogen and oxygen atoms in total. The number of methoxy groups -OCH3 is 1. The molecule has 30 heavy (non-hydrogen) atoms. The minimum absolute atomic E-state index is 0.106. The summed E-state index contributed by atoms with van der Waals surface area (Å²) in [6, 6.07) is 11.9. The lowest BCUT2D eigenvalue weighted by Gasteiger charge is -2.23. The van der Waals surface area contributed by atoms with Crippen molar-refractivity contribution in [3.05, 3.63) is 52.5 Å². The van der Waals surface area contributed by atoms with Crippen LogP contribution in [-0.2, 0) is 14.8 Å². The maximum atomic E-state index is 12.2. The van der Waals surface area contributed by atoms with Gasteiger partial charge in [-0.25, -0.2) is 8.42 Å². The number of sulfonamides is 1. The number of ether oxygens (including phenoxy) is 2. The van der Waals surface area contributed by atoms with Gasteiger partial charge in [-0.05, 0) is 42.8 Å². The molecule has 1 N–H and O–H groups in total. The summed E-state index contributed by atoms with van der Waals surface area (Å²) < 4.78 is 36.1. The van der Waals surface area contributed by atoms with E-state index in [0.717, 1.165) is 16.3 Å². The first-order chi connectivity index (χ1) is 14.2. The van der Waals surface area contributed by atoms with Gasteiger partial charge < -0.3 is 14.8 Å². The monoisotopic (exact) mass is 474 g/mol. The number of amides is 1. The lowest BCUT2D eigenvalue weighted by Crippen LogP contribution is -2.33. The van der Waals surface area contributed by atoms with Gasteiger partial charge in [-0.15, -0.1) is 0 Å². The van der Waals surface area contributed by atoms with Gasteiger partial charge in [0, 0.05) is 13.0 Å². The Balaban J connectivity index is 1.78. The number of carbonyl (C=O) groups is 1. The van der Waals surface area contributed by atoms with Gasteiger partial charge in [-0.1, -0.05) is 29.3 Å². The van der Waals surface area contributed by atoms with Crippen LogP contribution >= 0.6 is 23.2 Å². The first kappa shape index (κ1) is 24.1. The zero-order valence-corrected chi connectivity index (χ0v) is 19.1. The molecule has 0 bridgehead atoms. The molecule has 0 saturated carbocycles. The normalized spacial score (nSPS) is 11.1. The number of anilines is 1. The van der Waals surface area contributed by atoms with E-state index in [1.54, 1.807) is 49.6 Å². The molecule has 0 aliphatic carbocycles. The van der Waals surface area contributed by atoms with Crippen molar-refractivity contribution in [3.8, 4) is 11.5 Å². The average molecular weight is 475 g/mol. The second kappa shape index (κ2) is 11.3. The van der Waals surface area contributed by atoms with E-state index in [1.165, 1.54) is 0 Å². The Labute approximate surface area is 186 Å². The van der Waals surface area contributed by atoms with Gasteiger partial charge in [-0.2, -0.15) is 0 Å². The van der Waals surface area contributed by atoms with Crippen LogP contribution in [0.15, 0.2) is 42.5 Å². The predicted molar refractivity (Wildman–Crippen MR) is 119 cm³/mol. The number of hydrogen-bond acceptors (Lipinski definition) is 5. The fourth-order valence-corrected chi connectivity index (χ4v) is 4.07. The van der Waals surface area contributed by atoms with E-state index in [9.17, 15) is 13.2 Å². The predicted octanol–water partition coefficient (Wildman–Crippen LogP) is 3.74. The molecule has 0 atom stereocenters. The molecule has 2 rings (SSSR count). The van der Waals surface area contributed by atoms with E-state index in [-0.39, 0.29) is 28.9 Å². The van der Waals surface area contributed by atoms with Crippen molar-refractivity contribution in [2.45, 2.75) is 12.8 Å². The van der Waals surface area contributed by atoms with Crippen molar-refractivity contribution in [3.63, 3.8) is 0 Å². The summed E-state index contributed by atoms with van der Waals surface area (Å²) in [6.45, 7) is 0.751. The van der Waals surface area contributed by atoms with E-state index in [2.05, 4.69) is 5.32 Å². The lowest BCUT2D eigenvalue weighted by molar-refractivity contribution is -0.121. The maximum Gasteiger partial charge on any atom is 0.232 e. The van der Waals surface area contributed by atoms with Crippen LogP contribution in [0.1, 0.15) is 12.8 Å². The minimum atomic E-state index is -3.58. The summed E-state index contributed by atoms with van der Waals surface area (Å²) >= 11 is 12.1. The third kappa shape index (κ3) is 7.27. The minimum Gasteiger partial charge on any atom is -0.497 e. The summed E-state index contributed by atoms with van der Waals surface area (Å²) in [6.07, 6.45) is 1.56. The molecule has 0 fully saturated rings. The fraction of sp³-hybridized carbons (Fsp3) is 0.350. The molecule has 0 heterocycles. The standard InChI is InChI=1S/C20H24Cl2N2O5S/c1-28-15-8-10-16(11-9-15)29-14-12-23-19(25)7-4-13-24(30(2,26)27)18-6-3-5-17(21)20(18)22/h3,5-6,8-11H,4,7,12-14H2,1-2H3,(H,23,25). The molecule has 0 aliphatic rings. The number of halogens is 2. The van der Waals surface area contributed by atoms with Gasteiger partial charge in [-0.3, -0.25) is 9.10 Å². The molecule has 1 amide bonds. The highest BCUT2D eigenvalue weighted by Crippen LogP contribution is 2.33. The Morgan fingerprint density at radius 1 is 1.10 bits per heavy atom. The number of carbonyl (C=O) groups excluding carboxylic acids is 1. The Morgan fingerprint density at radius 2 is 1.77 bits per heavy atom. The highest BCUT2D eigenvalue weighted by molar-refractivity contribution is 7.92. The highest BCUT2D eigenvalue weighted by Gasteiger charge is 2.21. The zero-order valence-electron chi connectivity index (χ0n) is 16.7. The average Bonchev–Trinajstić information content (AvgIpc) is 2.70. The number of nitrogens with one attached hydrogen (secondary N) is 1. The third-order valence-corrected chi connectivity index (χ3v) is 6.11. The van der Waals surface area contributed by atoms with Crippen LogP contribution in [0.2, 0.25) is 10.0 Å².